The van der Waals surface area contributed by atoms with Crippen molar-refractivity contribution in [2.24, 2.45) is 0 Å². The Balaban J connectivity index is 2.02. The molecule has 1 aromatic heterocycles. The minimum absolute atomic E-state index is 0.125. The monoisotopic (exact) mass is 332 g/mol. The Bertz CT molecular complexity index is 1010. The van der Waals surface area contributed by atoms with Crippen molar-refractivity contribution in [1.82, 2.24) is 9.97 Å². The Morgan fingerprint density at radius 1 is 1.24 bits per heavy atom. The number of aromatic amines is 1. The van der Waals surface area contributed by atoms with E-state index in [9.17, 15) is 4.79 Å². The second-order valence-electron chi connectivity index (χ2n) is 6.10. The topological polar surface area (TPSA) is 75.0 Å². The number of nitrogens with one attached hydrogen (secondary N) is 1. The average Bonchev–Trinajstić information content (AvgIpc) is 2.56. The largest absolute Gasteiger partial charge is 0.399 e. The maximum absolute atomic E-state index is 12.2. The third kappa shape index (κ3) is 3.48. The van der Waals surface area contributed by atoms with Gasteiger partial charge in [-0.25, -0.2) is 4.98 Å². The van der Waals surface area contributed by atoms with Gasteiger partial charge in [0.15, 0.2) is 0 Å². The maximum atomic E-state index is 12.2. The second kappa shape index (κ2) is 6.70. The predicted molar refractivity (Wildman–Crippen MR) is 103 cm³/mol. The van der Waals surface area contributed by atoms with E-state index in [4.69, 9.17) is 12.2 Å². The van der Waals surface area contributed by atoms with Gasteiger partial charge in [0.05, 0.1) is 17.4 Å². The van der Waals surface area contributed by atoms with Crippen LogP contribution in [0.1, 0.15) is 17.0 Å². The van der Waals surface area contributed by atoms with Gasteiger partial charge in [-0.3, -0.25) is 4.79 Å². The molecular formula is C20H20N4O. The summed E-state index contributed by atoms with van der Waals surface area (Å²) in [5.74, 6) is 3.30. The van der Waals surface area contributed by atoms with Crippen molar-refractivity contribution in [2.45, 2.75) is 20.4 Å². The molecule has 0 bridgehead atoms. The first-order valence-electron chi connectivity index (χ1n) is 8.02. The Hall–Kier alpha value is -3.26. The quantitative estimate of drug-likeness (QED) is 0.569. The zero-order chi connectivity index (χ0) is 18.0. The van der Waals surface area contributed by atoms with Crippen LogP contribution in [0.2, 0.25) is 0 Å². The van der Waals surface area contributed by atoms with Crippen molar-refractivity contribution >= 4 is 22.3 Å². The number of nitrogens with zero attached hydrogens (tertiary/aromatic N) is 2. The Morgan fingerprint density at radius 2 is 1.96 bits per heavy atom. The van der Waals surface area contributed by atoms with Gasteiger partial charge in [0, 0.05) is 17.9 Å². The van der Waals surface area contributed by atoms with Gasteiger partial charge in [-0.05, 0) is 61.4 Å². The Kier molecular flexibility index (Phi) is 4.44. The predicted octanol–water partition coefficient (Wildman–Crippen LogP) is 2.76. The third-order valence-corrected chi connectivity index (χ3v) is 4.18. The van der Waals surface area contributed by atoms with Gasteiger partial charge in [0.2, 0.25) is 0 Å². The van der Waals surface area contributed by atoms with Gasteiger partial charge < -0.3 is 15.6 Å². The van der Waals surface area contributed by atoms with Crippen molar-refractivity contribution in [1.29, 1.82) is 0 Å². The SMILES string of the molecule is C#CCN(Cc1cc2c(=O)[nH]c(C)nc2cc1C)c1ccc(N)cc1. The van der Waals surface area contributed by atoms with Crippen LogP contribution in [0.4, 0.5) is 11.4 Å². The summed E-state index contributed by atoms with van der Waals surface area (Å²) in [5, 5.41) is 0.587. The van der Waals surface area contributed by atoms with Crippen molar-refractivity contribution in [2.75, 3.05) is 17.2 Å². The number of fused-ring (bicyclic) bond motifs is 1. The molecule has 5 nitrogen and oxygen atoms in total. The summed E-state index contributed by atoms with van der Waals surface area (Å²) in [6, 6.07) is 11.4. The van der Waals surface area contributed by atoms with Crippen LogP contribution in [-0.2, 0) is 6.54 Å². The average molecular weight is 332 g/mol. The molecule has 0 aliphatic heterocycles. The highest BCUT2D eigenvalue weighted by Gasteiger charge is 2.11. The highest BCUT2D eigenvalue weighted by molar-refractivity contribution is 5.79. The van der Waals surface area contributed by atoms with Gasteiger partial charge >= 0.3 is 0 Å². The standard InChI is InChI=1S/C20H20N4O/c1-4-9-24(17-7-5-16(21)6-8-17)12-15-11-18-19(10-13(15)2)22-14(3)23-20(18)25/h1,5-8,10-11H,9,12,21H2,2-3H3,(H,22,23,25). The van der Waals surface area contributed by atoms with Crippen LogP contribution in [0.3, 0.4) is 0 Å². The second-order valence-corrected chi connectivity index (χ2v) is 6.10. The van der Waals surface area contributed by atoms with Crippen LogP contribution >= 0.6 is 0 Å². The molecule has 0 atom stereocenters. The van der Waals surface area contributed by atoms with E-state index in [0.717, 1.165) is 16.8 Å². The molecule has 0 aliphatic rings. The number of terminal acetylenes is 1. The highest BCUT2D eigenvalue weighted by Crippen LogP contribution is 2.22. The van der Waals surface area contributed by atoms with Crippen LogP contribution in [0.15, 0.2) is 41.2 Å². The van der Waals surface area contributed by atoms with Crippen LogP contribution in [0.5, 0.6) is 0 Å². The van der Waals surface area contributed by atoms with Crippen molar-refractivity contribution in [3.63, 3.8) is 0 Å². The summed E-state index contributed by atoms with van der Waals surface area (Å²) < 4.78 is 0. The molecule has 0 spiro atoms. The van der Waals surface area contributed by atoms with Gasteiger partial charge in [0.25, 0.3) is 5.56 Å². The van der Waals surface area contributed by atoms with E-state index in [1.165, 1.54) is 0 Å². The first-order chi connectivity index (χ1) is 12.0. The van der Waals surface area contributed by atoms with E-state index in [1.54, 1.807) is 6.92 Å². The summed E-state index contributed by atoms with van der Waals surface area (Å²) in [5.41, 5.74) is 10.2. The smallest absolute Gasteiger partial charge is 0.258 e. The molecule has 25 heavy (non-hydrogen) atoms. The molecule has 3 N–H and O–H groups in total. The lowest BCUT2D eigenvalue weighted by molar-refractivity contribution is 0.872. The summed E-state index contributed by atoms with van der Waals surface area (Å²) in [6.45, 7) is 4.86. The molecule has 5 heteroatoms. The number of rotatable bonds is 4. The zero-order valence-corrected chi connectivity index (χ0v) is 14.3. The Labute approximate surface area is 146 Å². The molecule has 3 rings (SSSR count). The number of hydrogen-bond donors (Lipinski definition) is 2. The van der Waals surface area contributed by atoms with E-state index in [-0.39, 0.29) is 5.56 Å². The molecule has 0 saturated carbocycles. The number of benzene rings is 2. The van der Waals surface area contributed by atoms with Gasteiger partial charge in [-0.2, -0.15) is 0 Å². The summed E-state index contributed by atoms with van der Waals surface area (Å²) in [6.07, 6.45) is 5.54. The van der Waals surface area contributed by atoms with E-state index >= 15 is 0 Å². The molecule has 3 aromatic rings. The normalized spacial score (nSPS) is 10.6. The number of hydrogen-bond acceptors (Lipinski definition) is 4. The van der Waals surface area contributed by atoms with E-state index in [1.807, 2.05) is 43.3 Å². The fraction of sp³-hybridized carbons (Fsp3) is 0.200. The van der Waals surface area contributed by atoms with Crippen molar-refractivity contribution in [3.05, 3.63) is 63.7 Å². The van der Waals surface area contributed by atoms with Crippen LogP contribution in [0.25, 0.3) is 10.9 Å². The van der Waals surface area contributed by atoms with Crippen molar-refractivity contribution < 1.29 is 0 Å². The molecule has 126 valence electrons. The molecule has 0 saturated heterocycles. The number of nitrogens with two attached hydrogens (primary N) is 1. The highest BCUT2D eigenvalue weighted by atomic mass is 16.1. The molecule has 0 radical (unpaired) electrons. The lowest BCUT2D eigenvalue weighted by Crippen LogP contribution is -2.23. The molecular weight excluding hydrogens is 312 g/mol. The molecule has 0 aliphatic carbocycles. The van der Waals surface area contributed by atoms with E-state index in [2.05, 4.69) is 20.8 Å². The van der Waals surface area contributed by atoms with Crippen LogP contribution in [-0.4, -0.2) is 16.5 Å². The number of H-pyrrole nitrogens is 1. The molecule has 0 fully saturated rings. The fourth-order valence-electron chi connectivity index (χ4n) is 2.86. The minimum atomic E-state index is -0.125. The van der Waals surface area contributed by atoms with E-state index in [0.29, 0.717) is 35.5 Å². The summed E-state index contributed by atoms with van der Waals surface area (Å²) >= 11 is 0. The minimum Gasteiger partial charge on any atom is -0.399 e. The number of aromatic nitrogens is 2. The van der Waals surface area contributed by atoms with Crippen LogP contribution in [0, 0.1) is 26.2 Å². The lowest BCUT2D eigenvalue weighted by atomic mass is 10.0. The number of anilines is 2. The first-order valence-corrected chi connectivity index (χ1v) is 8.02. The number of nitrogen functional groups attached to an aromatic ring is 1. The van der Waals surface area contributed by atoms with Gasteiger partial charge in [0.1, 0.15) is 5.82 Å². The molecule has 2 aromatic carbocycles. The molecule has 1 heterocycles. The summed E-state index contributed by atoms with van der Waals surface area (Å²) in [4.78, 5) is 21.5. The first kappa shape index (κ1) is 16.6. The zero-order valence-electron chi connectivity index (χ0n) is 14.3. The summed E-state index contributed by atoms with van der Waals surface area (Å²) in [7, 11) is 0. The molecule has 0 amide bonds. The maximum Gasteiger partial charge on any atom is 0.258 e. The van der Waals surface area contributed by atoms with Gasteiger partial charge in [-0.1, -0.05) is 5.92 Å². The van der Waals surface area contributed by atoms with Crippen LogP contribution < -0.4 is 16.2 Å². The lowest BCUT2D eigenvalue weighted by Gasteiger charge is -2.24. The number of aryl methyl sites for hydroxylation is 2. The molecule has 0 unspecified atom stereocenters. The Morgan fingerprint density at radius 3 is 2.64 bits per heavy atom. The third-order valence-electron chi connectivity index (χ3n) is 4.18. The fourth-order valence-corrected chi connectivity index (χ4v) is 2.86. The van der Waals surface area contributed by atoms with Gasteiger partial charge in [-0.15, -0.1) is 6.42 Å². The van der Waals surface area contributed by atoms with Crippen molar-refractivity contribution in [3.8, 4) is 12.3 Å². The van der Waals surface area contributed by atoms with E-state index < -0.39 is 0 Å².